The molecule has 1 fully saturated rings. The summed E-state index contributed by atoms with van der Waals surface area (Å²) in [7, 11) is 3.40. The number of aryl methyl sites for hydroxylation is 1. The Bertz CT molecular complexity index is 1320. The number of carbonyl (C=O) groups excluding carboxylic acids is 3. The van der Waals surface area contributed by atoms with E-state index in [9.17, 15) is 14.4 Å². The Labute approximate surface area is 195 Å². The van der Waals surface area contributed by atoms with Crippen molar-refractivity contribution in [3.63, 3.8) is 0 Å². The number of rotatable bonds is 2. The summed E-state index contributed by atoms with van der Waals surface area (Å²) in [5.41, 5.74) is 3.37. The van der Waals surface area contributed by atoms with Crippen LogP contribution in [0.25, 0.3) is 11.4 Å². The van der Waals surface area contributed by atoms with Crippen LogP contribution in [0, 0.1) is 18.8 Å². The highest BCUT2D eigenvalue weighted by atomic mass is 16.5. The van der Waals surface area contributed by atoms with Gasteiger partial charge in [0.15, 0.2) is 6.04 Å². The number of ether oxygens (including phenoxy) is 1. The molecule has 2 aliphatic heterocycles. The number of hydrogen-bond acceptors (Lipinski definition) is 7. The van der Waals surface area contributed by atoms with Crippen LogP contribution in [0.5, 0.6) is 5.75 Å². The molecule has 0 radical (unpaired) electrons. The van der Waals surface area contributed by atoms with E-state index < -0.39 is 18.0 Å². The summed E-state index contributed by atoms with van der Waals surface area (Å²) in [5.74, 6) is 6.91. The first kappa shape index (κ1) is 22.5. The molecule has 0 saturated carbocycles. The van der Waals surface area contributed by atoms with E-state index in [1.807, 2.05) is 24.3 Å². The number of benzene rings is 2. The van der Waals surface area contributed by atoms with E-state index in [1.165, 1.54) is 0 Å². The van der Waals surface area contributed by atoms with Gasteiger partial charge in [-0.3, -0.25) is 14.9 Å². The van der Waals surface area contributed by atoms with Crippen LogP contribution in [-0.2, 0) is 11.3 Å². The lowest BCUT2D eigenvalue weighted by Gasteiger charge is -2.04. The molecule has 1 atom stereocenters. The lowest BCUT2D eigenvalue weighted by molar-refractivity contribution is -0.119. The lowest BCUT2D eigenvalue weighted by Crippen LogP contribution is -2.26. The molecule has 34 heavy (non-hydrogen) atoms. The Morgan fingerprint density at radius 1 is 1.15 bits per heavy atom. The molecule has 0 spiro atoms. The number of amides is 4. The van der Waals surface area contributed by atoms with E-state index in [1.54, 1.807) is 44.2 Å². The Kier molecular flexibility index (Phi) is 6.27. The molecule has 1 saturated heterocycles. The number of aromatic nitrogens is 2. The van der Waals surface area contributed by atoms with Gasteiger partial charge in [-0.05, 0) is 42.0 Å². The SMILES string of the molecule is COc1ccc2c(c1)C(=O)N(C)C2.Cc1nc(-c2ccc(C#CC3NC(=O)NC3=O)cc2)no1. The quantitative estimate of drug-likeness (QED) is 0.443. The van der Waals surface area contributed by atoms with E-state index in [0.717, 1.165) is 22.4 Å². The molecule has 1 unspecified atom stereocenters. The zero-order valence-electron chi connectivity index (χ0n) is 18.7. The Balaban J connectivity index is 0.000000180. The number of nitrogens with zero attached hydrogens (tertiary/aromatic N) is 3. The molecule has 10 nitrogen and oxygen atoms in total. The predicted octanol–water partition coefficient (Wildman–Crippen LogP) is 1.89. The molecule has 172 valence electrons. The van der Waals surface area contributed by atoms with Gasteiger partial charge in [0.25, 0.3) is 11.8 Å². The van der Waals surface area contributed by atoms with Gasteiger partial charge in [0.2, 0.25) is 11.7 Å². The predicted molar refractivity (Wildman–Crippen MR) is 121 cm³/mol. The Morgan fingerprint density at radius 3 is 2.53 bits per heavy atom. The second-order valence-corrected chi connectivity index (χ2v) is 7.56. The standard InChI is InChI=1S/C14H10N4O3.C10H11NO2/c1-8-15-12(18-21-8)10-5-2-9(3-6-10)4-7-11-13(19)17-14(20)16-11;1-11-6-7-3-4-8(13-2)5-9(7)10(11)12/h2-3,5-6,11H,1H3,(H2,16,17,19,20);3-5H,6H2,1-2H3. The zero-order chi connectivity index (χ0) is 24.2. The number of nitrogens with one attached hydrogen (secondary N) is 2. The van der Waals surface area contributed by atoms with Crippen molar-refractivity contribution in [3.8, 4) is 29.0 Å². The number of methoxy groups -OCH3 is 1. The summed E-state index contributed by atoms with van der Waals surface area (Å²) < 4.78 is 9.96. The van der Waals surface area contributed by atoms with Gasteiger partial charge in [-0.1, -0.05) is 23.1 Å². The second-order valence-electron chi connectivity index (χ2n) is 7.56. The first-order valence-electron chi connectivity index (χ1n) is 10.3. The smallest absolute Gasteiger partial charge is 0.322 e. The molecule has 3 heterocycles. The highest BCUT2D eigenvalue weighted by Gasteiger charge is 2.27. The molecule has 2 aliphatic rings. The molecular weight excluding hydrogens is 438 g/mol. The normalized spacial score (nSPS) is 16.0. The number of fused-ring (bicyclic) bond motifs is 1. The summed E-state index contributed by atoms with van der Waals surface area (Å²) >= 11 is 0. The fourth-order valence-corrected chi connectivity index (χ4v) is 3.35. The molecule has 5 rings (SSSR count). The van der Waals surface area contributed by atoms with Crippen molar-refractivity contribution in [2.24, 2.45) is 0 Å². The number of hydrogen-bond donors (Lipinski definition) is 2. The van der Waals surface area contributed by atoms with Gasteiger partial charge in [0.05, 0.1) is 7.11 Å². The average molecular weight is 459 g/mol. The first-order valence-corrected chi connectivity index (χ1v) is 10.3. The number of imide groups is 1. The zero-order valence-corrected chi connectivity index (χ0v) is 18.7. The van der Waals surface area contributed by atoms with Crippen LogP contribution in [0.15, 0.2) is 47.0 Å². The van der Waals surface area contributed by atoms with Gasteiger partial charge in [-0.15, -0.1) is 0 Å². The second kappa shape index (κ2) is 9.46. The van der Waals surface area contributed by atoms with E-state index in [0.29, 0.717) is 23.8 Å². The van der Waals surface area contributed by atoms with Crippen LogP contribution in [-0.4, -0.2) is 53.1 Å². The van der Waals surface area contributed by atoms with Crippen LogP contribution < -0.4 is 15.4 Å². The summed E-state index contributed by atoms with van der Waals surface area (Å²) in [6, 6.07) is 11.5. The van der Waals surface area contributed by atoms with Crippen molar-refractivity contribution in [3.05, 3.63) is 65.0 Å². The maximum Gasteiger partial charge on any atom is 0.322 e. The Morgan fingerprint density at radius 2 is 1.91 bits per heavy atom. The third-order valence-corrected chi connectivity index (χ3v) is 5.11. The topological polar surface area (TPSA) is 127 Å². The van der Waals surface area contributed by atoms with Crippen molar-refractivity contribution < 1.29 is 23.6 Å². The Hall–Kier alpha value is -4.65. The fourth-order valence-electron chi connectivity index (χ4n) is 3.35. The highest BCUT2D eigenvalue weighted by molar-refractivity contribution is 6.05. The number of carbonyl (C=O) groups is 3. The van der Waals surface area contributed by atoms with Crippen LogP contribution in [0.1, 0.15) is 27.4 Å². The van der Waals surface area contributed by atoms with Crippen LogP contribution in [0.2, 0.25) is 0 Å². The van der Waals surface area contributed by atoms with E-state index >= 15 is 0 Å². The lowest BCUT2D eigenvalue weighted by atomic mass is 10.1. The van der Waals surface area contributed by atoms with Crippen LogP contribution >= 0.6 is 0 Å². The molecule has 2 N–H and O–H groups in total. The van der Waals surface area contributed by atoms with Gasteiger partial charge in [-0.2, -0.15) is 4.98 Å². The summed E-state index contributed by atoms with van der Waals surface area (Å²) in [4.78, 5) is 39.6. The van der Waals surface area contributed by atoms with Crippen molar-refractivity contribution in [1.29, 1.82) is 0 Å². The third-order valence-electron chi connectivity index (χ3n) is 5.11. The third kappa shape index (κ3) is 4.88. The van der Waals surface area contributed by atoms with Crippen molar-refractivity contribution in [2.75, 3.05) is 14.2 Å². The molecule has 1 aromatic heterocycles. The van der Waals surface area contributed by atoms with Gasteiger partial charge in [0, 0.05) is 37.2 Å². The summed E-state index contributed by atoms with van der Waals surface area (Å²) in [6.07, 6.45) is 0. The first-order chi connectivity index (χ1) is 16.3. The number of urea groups is 1. The van der Waals surface area contributed by atoms with Gasteiger partial charge in [-0.25, -0.2) is 4.79 Å². The molecular formula is C24H21N5O5. The molecule has 0 aliphatic carbocycles. The van der Waals surface area contributed by atoms with E-state index in [-0.39, 0.29) is 5.91 Å². The monoisotopic (exact) mass is 459 g/mol. The summed E-state index contributed by atoms with van der Waals surface area (Å²) in [6.45, 7) is 2.43. The van der Waals surface area contributed by atoms with E-state index in [2.05, 4.69) is 32.6 Å². The molecule has 0 bridgehead atoms. The maximum atomic E-state index is 11.5. The van der Waals surface area contributed by atoms with Gasteiger partial charge >= 0.3 is 6.03 Å². The largest absolute Gasteiger partial charge is 0.497 e. The molecule has 2 aromatic carbocycles. The molecule has 3 aromatic rings. The maximum absolute atomic E-state index is 11.5. The molecule has 4 amide bonds. The van der Waals surface area contributed by atoms with Gasteiger partial charge < -0.3 is 19.5 Å². The van der Waals surface area contributed by atoms with Crippen molar-refractivity contribution in [1.82, 2.24) is 25.7 Å². The average Bonchev–Trinajstić information content (AvgIpc) is 3.49. The fraction of sp³-hybridized carbons (Fsp3) is 0.208. The molecule has 10 heteroatoms. The minimum absolute atomic E-state index is 0.0777. The van der Waals surface area contributed by atoms with Crippen molar-refractivity contribution in [2.45, 2.75) is 19.5 Å². The highest BCUT2D eigenvalue weighted by Crippen LogP contribution is 2.25. The summed E-state index contributed by atoms with van der Waals surface area (Å²) in [5, 5.41) is 8.35. The minimum Gasteiger partial charge on any atom is -0.497 e. The van der Waals surface area contributed by atoms with Gasteiger partial charge in [0.1, 0.15) is 5.75 Å². The van der Waals surface area contributed by atoms with Crippen molar-refractivity contribution >= 4 is 17.8 Å². The van der Waals surface area contributed by atoms with Crippen LogP contribution in [0.3, 0.4) is 0 Å². The van der Waals surface area contributed by atoms with Crippen LogP contribution in [0.4, 0.5) is 4.79 Å². The minimum atomic E-state index is -0.808. The van der Waals surface area contributed by atoms with E-state index in [4.69, 9.17) is 9.26 Å².